The Bertz CT molecular complexity index is 1020. The average Bonchev–Trinajstić information content (AvgIpc) is 2.72. The molecule has 0 amide bonds. The van der Waals surface area contributed by atoms with Crippen molar-refractivity contribution in [1.29, 1.82) is 0 Å². The Hall–Kier alpha value is -2.11. The zero-order valence-corrected chi connectivity index (χ0v) is 23.7. The zero-order chi connectivity index (χ0) is 25.1. The summed E-state index contributed by atoms with van der Waals surface area (Å²) in [6, 6.07) is 27.2. The van der Waals surface area contributed by atoms with E-state index in [1.165, 1.54) is 39.7 Å². The summed E-state index contributed by atoms with van der Waals surface area (Å²) in [6.45, 7) is 22.3. The van der Waals surface area contributed by atoms with Gasteiger partial charge in [-0.25, -0.2) is 0 Å². The van der Waals surface area contributed by atoms with Gasteiger partial charge in [0, 0.05) is 12.2 Å². The molecular formula is C32H44NP. The highest BCUT2D eigenvalue weighted by Crippen LogP contribution is 2.61. The Labute approximate surface area is 210 Å². The maximum atomic E-state index is 2.71. The highest BCUT2D eigenvalue weighted by atomic mass is 31.1. The molecule has 0 saturated carbocycles. The lowest BCUT2D eigenvalue weighted by atomic mass is 9.99. The molecule has 0 fully saturated rings. The van der Waals surface area contributed by atoms with Crippen LogP contribution >= 0.6 is 7.92 Å². The predicted octanol–water partition coefficient (Wildman–Crippen LogP) is 9.44. The average molecular weight is 474 g/mol. The van der Waals surface area contributed by atoms with E-state index in [0.717, 1.165) is 6.54 Å². The lowest BCUT2D eigenvalue weighted by Crippen LogP contribution is -2.36. The summed E-state index contributed by atoms with van der Waals surface area (Å²) in [5, 5.41) is 0.548. The molecule has 1 nitrogen and oxygen atoms in total. The van der Waals surface area contributed by atoms with Crippen LogP contribution in [0.25, 0.3) is 0 Å². The molecule has 0 saturated heterocycles. The van der Waals surface area contributed by atoms with Crippen molar-refractivity contribution < 1.29 is 0 Å². The number of nitrogens with zero attached hydrogens (tertiary/aromatic N) is 1. The van der Waals surface area contributed by atoms with Crippen LogP contribution in [-0.4, -0.2) is 16.5 Å². The quantitative estimate of drug-likeness (QED) is 0.309. The first-order valence-corrected chi connectivity index (χ1v) is 14.1. The fourth-order valence-electron chi connectivity index (χ4n) is 5.54. The summed E-state index contributed by atoms with van der Waals surface area (Å²) in [6.07, 6.45) is 1.17. The van der Waals surface area contributed by atoms with Crippen LogP contribution in [0.4, 0.5) is 5.69 Å². The van der Waals surface area contributed by atoms with Crippen LogP contribution in [-0.2, 0) is 6.54 Å². The Balaban J connectivity index is 2.21. The molecule has 0 heterocycles. The van der Waals surface area contributed by atoms with Crippen LogP contribution in [0.2, 0.25) is 0 Å². The normalized spacial score (nSPS) is 13.2. The van der Waals surface area contributed by atoms with E-state index in [1.54, 1.807) is 0 Å². The molecule has 3 rings (SSSR count). The molecule has 34 heavy (non-hydrogen) atoms. The van der Waals surface area contributed by atoms with Crippen LogP contribution < -0.4 is 4.90 Å². The molecule has 0 aliphatic carbocycles. The maximum absolute atomic E-state index is 2.71. The minimum atomic E-state index is -0.270. The zero-order valence-electron chi connectivity index (χ0n) is 22.8. The molecule has 3 aromatic rings. The number of hydrogen-bond donors (Lipinski definition) is 0. The van der Waals surface area contributed by atoms with Crippen LogP contribution in [0.3, 0.4) is 0 Å². The standard InChI is InChI=1S/C32H44NP/c1-24-20-25(2)30(26(3)21-24)33(22-27-16-12-10-13-17-27)29(28-18-14-11-15-19-28)23-34(31(4,5)6)32(7,8)9/h10-21,29H,22-23H2,1-9H3. The number of rotatable bonds is 7. The third-order valence-corrected chi connectivity index (χ3v) is 10.6. The van der Waals surface area contributed by atoms with Crippen LogP contribution in [0.15, 0.2) is 72.8 Å². The molecule has 3 aromatic carbocycles. The number of hydrogen-bond acceptors (Lipinski definition) is 1. The Morgan fingerprint density at radius 1 is 0.706 bits per heavy atom. The Morgan fingerprint density at radius 2 is 1.18 bits per heavy atom. The second-order valence-electron chi connectivity index (χ2n) is 11.7. The van der Waals surface area contributed by atoms with Crippen molar-refractivity contribution >= 4 is 13.6 Å². The molecule has 0 N–H and O–H groups in total. The van der Waals surface area contributed by atoms with Gasteiger partial charge in [-0.3, -0.25) is 0 Å². The molecule has 2 heteroatoms. The van der Waals surface area contributed by atoms with E-state index in [2.05, 4.69) is 140 Å². The summed E-state index contributed by atoms with van der Waals surface area (Å²) in [5.41, 5.74) is 8.23. The highest BCUT2D eigenvalue weighted by molar-refractivity contribution is 7.60. The summed E-state index contributed by atoms with van der Waals surface area (Å²) in [4.78, 5) is 2.71. The van der Waals surface area contributed by atoms with Gasteiger partial charge >= 0.3 is 0 Å². The van der Waals surface area contributed by atoms with E-state index in [-0.39, 0.29) is 18.2 Å². The molecule has 1 atom stereocenters. The first-order valence-electron chi connectivity index (χ1n) is 12.6. The third kappa shape index (κ3) is 6.51. The summed E-state index contributed by atoms with van der Waals surface area (Å²) >= 11 is 0. The van der Waals surface area contributed by atoms with Gasteiger partial charge in [-0.05, 0) is 59.5 Å². The molecule has 0 radical (unpaired) electrons. The van der Waals surface area contributed by atoms with Crippen molar-refractivity contribution in [3.63, 3.8) is 0 Å². The number of anilines is 1. The van der Waals surface area contributed by atoms with Gasteiger partial charge in [0.15, 0.2) is 0 Å². The second-order valence-corrected chi connectivity index (χ2v) is 15.6. The Morgan fingerprint density at radius 3 is 1.65 bits per heavy atom. The van der Waals surface area contributed by atoms with E-state index in [0.29, 0.717) is 6.04 Å². The number of aryl methyl sites for hydroxylation is 3. The van der Waals surface area contributed by atoms with Crippen molar-refractivity contribution in [3.05, 3.63) is 101 Å². The van der Waals surface area contributed by atoms with Gasteiger partial charge in [0.25, 0.3) is 0 Å². The fraction of sp³-hybridized carbons (Fsp3) is 0.438. The predicted molar refractivity (Wildman–Crippen MR) is 154 cm³/mol. The molecule has 0 aromatic heterocycles. The molecule has 182 valence electrons. The van der Waals surface area contributed by atoms with Crippen molar-refractivity contribution in [3.8, 4) is 0 Å². The van der Waals surface area contributed by atoms with Gasteiger partial charge in [-0.2, -0.15) is 0 Å². The van der Waals surface area contributed by atoms with Gasteiger partial charge in [-0.1, -0.05) is 128 Å². The van der Waals surface area contributed by atoms with E-state index >= 15 is 0 Å². The van der Waals surface area contributed by atoms with Gasteiger partial charge < -0.3 is 4.90 Å². The van der Waals surface area contributed by atoms with Crippen molar-refractivity contribution in [2.24, 2.45) is 0 Å². The molecule has 1 unspecified atom stereocenters. The topological polar surface area (TPSA) is 3.24 Å². The number of benzene rings is 3. The van der Waals surface area contributed by atoms with Gasteiger partial charge in [0.05, 0.1) is 6.04 Å². The smallest absolute Gasteiger partial charge is 0.0585 e. The summed E-state index contributed by atoms with van der Waals surface area (Å²) in [7, 11) is -0.270. The van der Waals surface area contributed by atoms with E-state index < -0.39 is 0 Å². The monoisotopic (exact) mass is 473 g/mol. The van der Waals surface area contributed by atoms with Crippen molar-refractivity contribution in [2.45, 2.75) is 85.2 Å². The van der Waals surface area contributed by atoms with Crippen molar-refractivity contribution in [2.75, 3.05) is 11.1 Å². The van der Waals surface area contributed by atoms with Crippen LogP contribution in [0.1, 0.15) is 75.4 Å². The van der Waals surface area contributed by atoms with Gasteiger partial charge in [-0.15, -0.1) is 0 Å². The van der Waals surface area contributed by atoms with E-state index in [9.17, 15) is 0 Å². The van der Waals surface area contributed by atoms with Gasteiger partial charge in [0.2, 0.25) is 0 Å². The third-order valence-electron chi connectivity index (χ3n) is 6.65. The van der Waals surface area contributed by atoms with E-state index in [1.807, 2.05) is 0 Å². The van der Waals surface area contributed by atoms with Gasteiger partial charge in [0.1, 0.15) is 0 Å². The van der Waals surface area contributed by atoms with Crippen LogP contribution in [0.5, 0.6) is 0 Å². The first-order chi connectivity index (χ1) is 15.9. The SMILES string of the molecule is Cc1cc(C)c(N(Cc2ccccc2)C(CP(C(C)(C)C)C(C)(C)C)c2ccccc2)c(C)c1. The molecular weight excluding hydrogens is 429 g/mol. The van der Waals surface area contributed by atoms with E-state index in [4.69, 9.17) is 0 Å². The minimum absolute atomic E-state index is 0.270. The Kier molecular flexibility index (Phi) is 8.30. The fourth-order valence-corrected chi connectivity index (χ4v) is 9.40. The second kappa shape index (κ2) is 10.7. The first kappa shape index (κ1) is 26.5. The summed E-state index contributed by atoms with van der Waals surface area (Å²) < 4.78 is 0. The van der Waals surface area contributed by atoms with Crippen molar-refractivity contribution in [1.82, 2.24) is 0 Å². The highest BCUT2D eigenvalue weighted by Gasteiger charge is 2.38. The minimum Gasteiger partial charge on any atom is -0.359 e. The largest absolute Gasteiger partial charge is 0.359 e. The summed E-state index contributed by atoms with van der Waals surface area (Å²) in [5.74, 6) is 0. The molecule has 0 aliphatic heterocycles. The lowest BCUT2D eigenvalue weighted by molar-refractivity contribution is 0.642. The van der Waals surface area contributed by atoms with Crippen LogP contribution in [0, 0.1) is 20.8 Å². The molecule has 0 aliphatic rings. The lowest BCUT2D eigenvalue weighted by Gasteiger charge is -2.46. The molecule has 0 bridgehead atoms. The maximum Gasteiger partial charge on any atom is 0.0585 e. The molecule has 0 spiro atoms.